The van der Waals surface area contributed by atoms with Crippen molar-refractivity contribution in [2.24, 2.45) is 0 Å². The number of hydrogen-bond donors (Lipinski definition) is 0. The molecule has 10 heteroatoms. The van der Waals surface area contributed by atoms with Gasteiger partial charge in [-0.15, -0.1) is 30.6 Å². The minimum absolute atomic E-state index is 0.422. The Hall–Kier alpha value is -8.24. The summed E-state index contributed by atoms with van der Waals surface area (Å²) in [7, 11) is 0. The highest BCUT2D eigenvalue weighted by molar-refractivity contribution is 5.80. The summed E-state index contributed by atoms with van der Waals surface area (Å²) in [5.41, 5.74) is 8.24. The fraction of sp³-hybridized carbons (Fsp3) is 0. The number of benzene rings is 6. The lowest BCUT2D eigenvalue weighted by Crippen LogP contribution is -2.09. The summed E-state index contributed by atoms with van der Waals surface area (Å²) < 4.78 is 17.9. The number of anilines is 3. The van der Waals surface area contributed by atoms with Crippen molar-refractivity contribution in [2.75, 3.05) is 4.90 Å². The Balaban J connectivity index is 0.982. The second-order valence-electron chi connectivity index (χ2n) is 13.0. The molecule has 0 atom stereocenters. The van der Waals surface area contributed by atoms with Crippen LogP contribution >= 0.6 is 0 Å². The van der Waals surface area contributed by atoms with Crippen molar-refractivity contribution in [3.63, 3.8) is 0 Å². The molecule has 0 radical (unpaired) electrons. The predicted molar refractivity (Wildman–Crippen MR) is 227 cm³/mol. The van der Waals surface area contributed by atoms with Crippen molar-refractivity contribution in [3.05, 3.63) is 198 Å². The summed E-state index contributed by atoms with van der Waals surface area (Å²) in [6, 6.07) is 53.8. The highest BCUT2D eigenvalue weighted by Gasteiger charge is 2.17. The van der Waals surface area contributed by atoms with Gasteiger partial charge in [-0.3, -0.25) is 0 Å². The first-order valence-electron chi connectivity index (χ1n) is 18.5. The summed E-state index contributed by atoms with van der Waals surface area (Å²) in [5.74, 6) is 2.54. The molecule has 10 nitrogen and oxygen atoms in total. The smallest absolute Gasteiger partial charge is 0.248 e. The van der Waals surface area contributed by atoms with Crippen LogP contribution in [0.15, 0.2) is 177 Å². The molecule has 58 heavy (non-hydrogen) atoms. The van der Waals surface area contributed by atoms with E-state index >= 15 is 0 Å². The zero-order chi connectivity index (χ0) is 38.9. The average molecular weight is 756 g/mol. The summed E-state index contributed by atoms with van der Waals surface area (Å²) in [4.78, 5) is 2.14. The average Bonchev–Trinajstić information content (AvgIpc) is 4.09. The molecule has 0 unspecified atom stereocenters. The van der Waals surface area contributed by atoms with Gasteiger partial charge in [0.25, 0.3) is 0 Å². The van der Waals surface area contributed by atoms with E-state index < -0.39 is 0 Å². The van der Waals surface area contributed by atoms with Gasteiger partial charge >= 0.3 is 0 Å². The minimum Gasteiger partial charge on any atom is -0.417 e. The van der Waals surface area contributed by atoms with Crippen LogP contribution in [0.2, 0.25) is 0 Å². The zero-order valence-corrected chi connectivity index (χ0v) is 30.9. The molecule has 0 aliphatic heterocycles. The monoisotopic (exact) mass is 755 g/mol. The van der Waals surface area contributed by atoms with Crippen LogP contribution < -0.4 is 4.90 Å². The lowest BCUT2D eigenvalue weighted by atomic mass is 10.1. The molecule has 9 aromatic rings. The number of rotatable bonds is 12. The molecule has 0 saturated carbocycles. The third-order valence-electron chi connectivity index (χ3n) is 9.09. The van der Waals surface area contributed by atoms with Crippen LogP contribution in [0.25, 0.3) is 70.8 Å². The number of aromatic nitrogens is 6. The molecular formula is C48H33N7O3. The maximum absolute atomic E-state index is 5.98. The Bertz CT molecular complexity index is 2500. The summed E-state index contributed by atoms with van der Waals surface area (Å²) in [5, 5.41) is 25.5. The molecule has 3 aromatic heterocycles. The van der Waals surface area contributed by atoms with Gasteiger partial charge in [-0.25, -0.2) is 0 Å². The normalized spacial score (nSPS) is 11.6. The summed E-state index contributed by atoms with van der Waals surface area (Å²) >= 11 is 0. The van der Waals surface area contributed by atoms with Crippen LogP contribution in [-0.2, 0) is 0 Å². The van der Waals surface area contributed by atoms with E-state index in [0.717, 1.165) is 50.4 Å². The van der Waals surface area contributed by atoms with Crippen LogP contribution in [-0.4, -0.2) is 30.6 Å². The lowest BCUT2D eigenvalue weighted by Gasteiger charge is -2.25. The standard InChI is InChI=1S/C48H33N7O3/c1-4-10-34(11-5-1)16-31-43-49-52-46(56-43)37-19-25-40(26-20-37)55(41-27-21-38(22-28-41)47-53-50-44(57-47)32-17-35-12-6-2-7-13-35)42-29-23-39(24-30-42)48-54-51-45(58-48)33-18-36-14-8-3-9-15-36/h1-33H/b31-16+,32-17+,33-18+. The first-order chi connectivity index (χ1) is 28.7. The van der Waals surface area contributed by atoms with Gasteiger partial charge in [-0.2, -0.15) is 0 Å². The Morgan fingerprint density at radius 1 is 0.293 bits per heavy atom. The lowest BCUT2D eigenvalue weighted by molar-refractivity contribution is 0.557. The van der Waals surface area contributed by atoms with Crippen LogP contribution in [0.4, 0.5) is 17.1 Å². The van der Waals surface area contributed by atoms with Crippen molar-refractivity contribution in [2.45, 2.75) is 0 Å². The Morgan fingerprint density at radius 2 is 0.569 bits per heavy atom. The number of hydrogen-bond acceptors (Lipinski definition) is 10. The van der Waals surface area contributed by atoms with Crippen LogP contribution in [0.1, 0.15) is 34.4 Å². The van der Waals surface area contributed by atoms with Gasteiger partial charge in [0.2, 0.25) is 35.3 Å². The first kappa shape index (κ1) is 35.5. The maximum atomic E-state index is 5.98. The second kappa shape index (κ2) is 16.6. The largest absolute Gasteiger partial charge is 0.417 e. The maximum Gasteiger partial charge on any atom is 0.248 e. The van der Waals surface area contributed by atoms with Gasteiger partial charge in [0.15, 0.2) is 0 Å². The summed E-state index contributed by atoms with van der Waals surface area (Å²) in [6.45, 7) is 0. The quantitative estimate of drug-likeness (QED) is 0.119. The van der Waals surface area contributed by atoms with Crippen LogP contribution in [0, 0.1) is 0 Å². The molecule has 6 aromatic carbocycles. The zero-order valence-electron chi connectivity index (χ0n) is 30.9. The fourth-order valence-electron chi connectivity index (χ4n) is 6.16. The third-order valence-corrected chi connectivity index (χ3v) is 9.09. The van der Waals surface area contributed by atoms with E-state index in [1.54, 1.807) is 0 Å². The first-order valence-corrected chi connectivity index (χ1v) is 18.5. The minimum atomic E-state index is 0.422. The molecule has 0 aliphatic rings. The molecule has 0 fully saturated rings. The van der Waals surface area contributed by atoms with Gasteiger partial charge in [0, 0.05) is 52.0 Å². The van der Waals surface area contributed by atoms with Crippen molar-refractivity contribution in [1.29, 1.82) is 0 Å². The van der Waals surface area contributed by atoms with E-state index in [4.69, 9.17) is 13.3 Å². The van der Waals surface area contributed by atoms with Crippen LogP contribution in [0.3, 0.4) is 0 Å². The molecule has 0 amide bonds. The van der Waals surface area contributed by atoms with Crippen molar-refractivity contribution >= 4 is 53.5 Å². The SMILES string of the molecule is C(=C\c1nnc(-c2ccc(N(c3ccc(-c4nnc(/C=C/c5ccccc5)o4)cc3)c3ccc(-c4nnc(/C=C/c5ccccc5)o4)cc3)cc2)o1)/c1ccccc1. The van der Waals surface area contributed by atoms with E-state index in [-0.39, 0.29) is 0 Å². The predicted octanol–water partition coefficient (Wildman–Crippen LogP) is 11.8. The van der Waals surface area contributed by atoms with E-state index in [2.05, 4.69) is 35.5 Å². The van der Waals surface area contributed by atoms with Gasteiger partial charge in [-0.1, -0.05) is 91.0 Å². The Morgan fingerprint density at radius 3 is 0.845 bits per heavy atom. The van der Waals surface area contributed by atoms with Gasteiger partial charge in [0.1, 0.15) is 0 Å². The van der Waals surface area contributed by atoms with Crippen molar-refractivity contribution in [3.8, 4) is 34.4 Å². The van der Waals surface area contributed by atoms with Crippen molar-refractivity contribution in [1.82, 2.24) is 30.6 Å². The van der Waals surface area contributed by atoms with Gasteiger partial charge in [-0.05, 0) is 108 Å². The molecule has 9 rings (SSSR count). The highest BCUT2D eigenvalue weighted by atomic mass is 16.4. The Labute approximate surface area is 333 Å². The molecule has 3 heterocycles. The molecule has 0 bridgehead atoms. The Kier molecular flexibility index (Phi) is 10.2. The second-order valence-corrected chi connectivity index (χ2v) is 13.0. The van der Waals surface area contributed by atoms with Gasteiger partial charge in [0.05, 0.1) is 0 Å². The van der Waals surface area contributed by atoms with E-state index in [1.165, 1.54) is 0 Å². The molecule has 0 N–H and O–H groups in total. The molecule has 0 spiro atoms. The van der Waals surface area contributed by atoms with E-state index in [9.17, 15) is 0 Å². The van der Waals surface area contributed by atoms with E-state index in [0.29, 0.717) is 35.3 Å². The van der Waals surface area contributed by atoms with Gasteiger partial charge < -0.3 is 18.2 Å². The summed E-state index contributed by atoms with van der Waals surface area (Å²) in [6.07, 6.45) is 11.2. The topological polar surface area (TPSA) is 120 Å². The highest BCUT2D eigenvalue weighted by Crippen LogP contribution is 2.37. The fourth-order valence-corrected chi connectivity index (χ4v) is 6.16. The van der Waals surface area contributed by atoms with Crippen molar-refractivity contribution < 1.29 is 13.3 Å². The van der Waals surface area contributed by atoms with E-state index in [1.807, 2.05) is 200 Å². The molecule has 0 aliphatic carbocycles. The number of nitrogens with zero attached hydrogens (tertiary/aromatic N) is 7. The molecule has 278 valence electrons. The van der Waals surface area contributed by atoms with Crippen LogP contribution in [0.5, 0.6) is 0 Å². The third kappa shape index (κ3) is 8.36. The molecular weight excluding hydrogens is 723 g/mol. The molecule has 0 saturated heterocycles.